The van der Waals surface area contributed by atoms with E-state index in [1.165, 1.54) is 23.7 Å². The summed E-state index contributed by atoms with van der Waals surface area (Å²) in [5.74, 6) is 0.903. The molecule has 2 heterocycles. The van der Waals surface area contributed by atoms with E-state index in [9.17, 15) is 9.18 Å². The Hall–Kier alpha value is -1.73. The molecule has 1 aromatic heterocycles. The van der Waals surface area contributed by atoms with Crippen LogP contribution in [-0.4, -0.2) is 52.2 Å². The lowest BCUT2D eigenvalue weighted by Crippen LogP contribution is -2.52. The van der Waals surface area contributed by atoms with Gasteiger partial charge in [-0.1, -0.05) is 12.1 Å². The second kappa shape index (κ2) is 7.88. The van der Waals surface area contributed by atoms with Crippen LogP contribution in [0.15, 0.2) is 24.3 Å². The molecule has 26 heavy (non-hydrogen) atoms. The summed E-state index contributed by atoms with van der Waals surface area (Å²) in [6.45, 7) is 6.53. The minimum atomic E-state index is -0.533. The summed E-state index contributed by atoms with van der Waals surface area (Å²) in [5, 5.41) is 0.866. The summed E-state index contributed by atoms with van der Waals surface area (Å²) in [4.78, 5) is 21.1. The van der Waals surface area contributed by atoms with Crippen LogP contribution in [-0.2, 0) is 11.2 Å². The van der Waals surface area contributed by atoms with Gasteiger partial charge in [-0.05, 0) is 31.5 Å². The van der Waals surface area contributed by atoms with Crippen LogP contribution >= 0.6 is 23.1 Å². The lowest BCUT2D eigenvalue weighted by molar-refractivity contribution is -0.139. The van der Waals surface area contributed by atoms with Crippen molar-refractivity contribution in [3.05, 3.63) is 41.5 Å². The lowest BCUT2D eigenvalue weighted by Gasteiger charge is -2.37. The molecule has 0 atom stereocenters. The number of anilines is 1. The van der Waals surface area contributed by atoms with Gasteiger partial charge >= 0.3 is 0 Å². The van der Waals surface area contributed by atoms with Crippen LogP contribution < -0.4 is 4.90 Å². The van der Waals surface area contributed by atoms with Crippen molar-refractivity contribution in [1.82, 2.24) is 14.3 Å². The van der Waals surface area contributed by atoms with Gasteiger partial charge in [-0.15, -0.1) is 11.6 Å². The first-order chi connectivity index (χ1) is 12.4. The number of piperazine rings is 1. The Morgan fingerprint density at radius 2 is 1.88 bits per heavy atom. The molecule has 0 aliphatic carbocycles. The number of benzene rings is 1. The van der Waals surface area contributed by atoms with Crippen LogP contribution in [0.1, 0.15) is 25.2 Å². The summed E-state index contributed by atoms with van der Waals surface area (Å²) in [7, 11) is 0. The van der Waals surface area contributed by atoms with E-state index in [4.69, 9.17) is 11.6 Å². The van der Waals surface area contributed by atoms with E-state index < -0.39 is 5.41 Å². The highest BCUT2D eigenvalue weighted by Crippen LogP contribution is 2.24. The molecule has 1 aliphatic rings. The van der Waals surface area contributed by atoms with E-state index in [0.717, 1.165) is 29.6 Å². The Balaban J connectivity index is 1.58. The highest BCUT2D eigenvalue weighted by Gasteiger charge is 2.33. The number of amides is 1. The number of halogens is 2. The summed E-state index contributed by atoms with van der Waals surface area (Å²) < 4.78 is 17.4. The van der Waals surface area contributed by atoms with E-state index >= 15 is 0 Å². The smallest absolute Gasteiger partial charge is 0.229 e. The number of aromatic nitrogens is 2. The van der Waals surface area contributed by atoms with Crippen molar-refractivity contribution in [3.63, 3.8) is 0 Å². The van der Waals surface area contributed by atoms with Gasteiger partial charge in [0.25, 0.3) is 0 Å². The van der Waals surface area contributed by atoms with Crippen molar-refractivity contribution in [1.29, 1.82) is 0 Å². The van der Waals surface area contributed by atoms with E-state index in [2.05, 4.69) is 14.3 Å². The van der Waals surface area contributed by atoms with E-state index in [0.29, 0.717) is 25.4 Å². The number of nitrogens with zero attached hydrogens (tertiary/aromatic N) is 4. The van der Waals surface area contributed by atoms with Gasteiger partial charge in [-0.3, -0.25) is 4.79 Å². The molecule has 1 aliphatic heterocycles. The summed E-state index contributed by atoms with van der Waals surface area (Å²) >= 11 is 7.28. The molecule has 0 N–H and O–H groups in total. The molecule has 2 aromatic rings. The third kappa shape index (κ3) is 4.32. The van der Waals surface area contributed by atoms with Gasteiger partial charge in [0.05, 0.1) is 5.41 Å². The lowest BCUT2D eigenvalue weighted by atomic mass is 9.94. The molecule has 0 spiro atoms. The molecule has 1 amide bonds. The number of hydrogen-bond acceptors (Lipinski definition) is 5. The van der Waals surface area contributed by atoms with Gasteiger partial charge in [-0.2, -0.15) is 4.37 Å². The largest absolute Gasteiger partial charge is 0.343 e. The highest BCUT2D eigenvalue weighted by molar-refractivity contribution is 7.09. The van der Waals surface area contributed by atoms with Gasteiger partial charge in [0.2, 0.25) is 11.0 Å². The Bertz CT molecular complexity index is 757. The second-order valence-electron chi connectivity index (χ2n) is 7.09. The molecule has 5 nitrogen and oxygen atoms in total. The predicted octanol–water partition coefficient (Wildman–Crippen LogP) is 3.18. The Labute approximate surface area is 162 Å². The quantitative estimate of drug-likeness (QED) is 0.728. The molecule has 0 radical (unpaired) electrons. The van der Waals surface area contributed by atoms with Gasteiger partial charge in [0.15, 0.2) is 0 Å². The molecule has 8 heteroatoms. The topological polar surface area (TPSA) is 49.3 Å². The van der Waals surface area contributed by atoms with Crippen LogP contribution in [0.3, 0.4) is 0 Å². The Morgan fingerprint density at radius 3 is 2.50 bits per heavy atom. The summed E-state index contributed by atoms with van der Waals surface area (Å²) in [5.41, 5.74) is 0.448. The van der Waals surface area contributed by atoms with Crippen LogP contribution in [0.5, 0.6) is 0 Å². The third-order valence-corrected chi connectivity index (χ3v) is 5.97. The average Bonchev–Trinajstić information content (AvgIpc) is 3.11. The van der Waals surface area contributed by atoms with Gasteiger partial charge in [0, 0.05) is 50.0 Å². The number of carbonyl (C=O) groups excluding carboxylic acids is 1. The molecule has 140 valence electrons. The zero-order chi connectivity index (χ0) is 18.7. The fraction of sp³-hybridized carbons (Fsp3) is 0.500. The van der Waals surface area contributed by atoms with Gasteiger partial charge < -0.3 is 9.80 Å². The van der Waals surface area contributed by atoms with Crippen molar-refractivity contribution in [3.8, 4) is 0 Å². The molecule has 0 unspecified atom stereocenters. The van der Waals surface area contributed by atoms with Crippen molar-refractivity contribution >= 4 is 34.2 Å². The van der Waals surface area contributed by atoms with Crippen LogP contribution in [0.2, 0.25) is 0 Å². The maximum atomic E-state index is 13.0. The molecular weight excluding hydrogens is 375 g/mol. The van der Waals surface area contributed by atoms with Crippen LogP contribution in [0.4, 0.5) is 9.52 Å². The van der Waals surface area contributed by atoms with Gasteiger partial charge in [0.1, 0.15) is 11.6 Å². The molecular formula is C18H22ClFN4OS. The van der Waals surface area contributed by atoms with Crippen LogP contribution in [0.25, 0.3) is 0 Å². The molecule has 1 aromatic carbocycles. The van der Waals surface area contributed by atoms with Crippen molar-refractivity contribution < 1.29 is 9.18 Å². The van der Waals surface area contributed by atoms with Crippen molar-refractivity contribution in [2.24, 2.45) is 5.41 Å². The molecule has 0 bridgehead atoms. The fourth-order valence-corrected chi connectivity index (χ4v) is 3.67. The molecule has 1 saturated heterocycles. The monoisotopic (exact) mass is 396 g/mol. The zero-order valence-corrected chi connectivity index (χ0v) is 16.5. The van der Waals surface area contributed by atoms with E-state index in [-0.39, 0.29) is 11.7 Å². The number of alkyl halides is 1. The molecule has 1 fully saturated rings. The van der Waals surface area contributed by atoms with Crippen molar-refractivity contribution in [2.75, 3.05) is 37.0 Å². The van der Waals surface area contributed by atoms with E-state index in [1.54, 1.807) is 12.1 Å². The zero-order valence-electron chi connectivity index (χ0n) is 14.9. The number of carbonyl (C=O) groups is 1. The predicted molar refractivity (Wildman–Crippen MR) is 102 cm³/mol. The summed E-state index contributed by atoms with van der Waals surface area (Å²) in [6.07, 6.45) is 0.582. The minimum absolute atomic E-state index is 0.0985. The fourth-order valence-electron chi connectivity index (χ4n) is 2.82. The first kappa shape index (κ1) is 19.0. The minimum Gasteiger partial charge on any atom is -0.343 e. The highest BCUT2D eigenvalue weighted by atomic mass is 35.5. The normalized spacial score (nSPS) is 15.4. The first-order valence-electron chi connectivity index (χ1n) is 8.56. The number of hydrogen-bond donors (Lipinski definition) is 0. The maximum Gasteiger partial charge on any atom is 0.229 e. The van der Waals surface area contributed by atoms with E-state index in [1.807, 2.05) is 18.7 Å². The number of rotatable bonds is 5. The molecule has 3 rings (SSSR count). The Kier molecular flexibility index (Phi) is 5.77. The second-order valence-corrected chi connectivity index (χ2v) is 8.09. The van der Waals surface area contributed by atoms with Crippen LogP contribution in [0, 0.1) is 11.2 Å². The van der Waals surface area contributed by atoms with Crippen molar-refractivity contribution in [2.45, 2.75) is 20.3 Å². The SMILES string of the molecule is CC(C)(CCl)C(=O)N1CCN(c2nc(Cc3ccc(F)cc3)ns2)CC1. The standard InChI is InChI=1S/C18H22ClFN4OS/c1-18(2,12-19)16(25)23-7-9-24(10-8-23)17-21-15(22-26-17)11-13-3-5-14(20)6-4-13/h3-6H,7-12H2,1-2H3. The van der Waals surface area contributed by atoms with Gasteiger partial charge in [-0.25, -0.2) is 9.37 Å². The average molecular weight is 397 g/mol. The third-order valence-electron chi connectivity index (χ3n) is 4.48. The molecule has 0 saturated carbocycles. The Morgan fingerprint density at radius 1 is 1.23 bits per heavy atom. The first-order valence-corrected chi connectivity index (χ1v) is 9.87. The maximum absolute atomic E-state index is 13.0. The summed E-state index contributed by atoms with van der Waals surface area (Å²) in [6, 6.07) is 6.39.